The van der Waals surface area contributed by atoms with Crippen molar-refractivity contribution in [3.63, 3.8) is 0 Å². The van der Waals surface area contributed by atoms with Gasteiger partial charge in [0.15, 0.2) is 5.82 Å². The van der Waals surface area contributed by atoms with E-state index in [0.717, 1.165) is 33.8 Å². The molecule has 1 amide bonds. The number of rotatable bonds is 5. The summed E-state index contributed by atoms with van der Waals surface area (Å²) in [6, 6.07) is 15.3. The summed E-state index contributed by atoms with van der Waals surface area (Å²) >= 11 is 0. The number of aryl methyl sites for hydroxylation is 2. The molecule has 2 aromatic carbocycles. The van der Waals surface area contributed by atoms with E-state index in [-0.39, 0.29) is 5.91 Å². The zero-order valence-corrected chi connectivity index (χ0v) is 22.2. The first-order valence-electron chi connectivity index (χ1n) is 12.0. The van der Waals surface area contributed by atoms with Crippen LogP contribution < -0.4 is 15.0 Å². The Hall–Kier alpha value is -4.57. The Bertz CT molecular complexity index is 1760. The topological polar surface area (TPSA) is 98.1 Å². The minimum Gasteiger partial charge on any atom is -0.655 e. The summed E-state index contributed by atoms with van der Waals surface area (Å²) in [6.45, 7) is 8.28. The van der Waals surface area contributed by atoms with Crippen molar-refractivity contribution in [1.82, 2.24) is 24.5 Å². The van der Waals surface area contributed by atoms with Crippen LogP contribution in [0.1, 0.15) is 12.5 Å². The van der Waals surface area contributed by atoms with Gasteiger partial charge in [0.2, 0.25) is 0 Å². The van der Waals surface area contributed by atoms with E-state index in [1.165, 1.54) is 6.33 Å². The number of ether oxygens (including phenoxy) is 1. The summed E-state index contributed by atoms with van der Waals surface area (Å²) < 4.78 is 8.12. The van der Waals surface area contributed by atoms with Crippen LogP contribution in [-0.4, -0.2) is 47.2 Å². The average molecular weight is 519 g/mol. The van der Waals surface area contributed by atoms with Gasteiger partial charge in [0.1, 0.15) is 29.2 Å². The van der Waals surface area contributed by atoms with E-state index in [9.17, 15) is 4.79 Å². The molecular formula is C28H24N7O2Si-. The van der Waals surface area contributed by atoms with Gasteiger partial charge in [-0.25, -0.2) is 19.9 Å². The second-order valence-electron chi connectivity index (χ2n) is 9.67. The van der Waals surface area contributed by atoms with Crippen molar-refractivity contribution in [3.8, 4) is 11.5 Å². The predicted molar refractivity (Wildman–Crippen MR) is 148 cm³/mol. The zero-order valence-electron chi connectivity index (χ0n) is 21.2. The number of amides is 1. The van der Waals surface area contributed by atoms with E-state index in [2.05, 4.69) is 37.1 Å². The molecule has 6 rings (SSSR count). The van der Waals surface area contributed by atoms with Gasteiger partial charge in [-0.05, 0) is 60.5 Å². The van der Waals surface area contributed by atoms with Gasteiger partial charge in [-0.2, -0.15) is 5.04 Å². The van der Waals surface area contributed by atoms with Crippen LogP contribution in [0.2, 0.25) is 5.04 Å². The molecule has 9 nitrogen and oxygen atoms in total. The molecule has 1 aliphatic heterocycles. The van der Waals surface area contributed by atoms with Gasteiger partial charge in [0.05, 0.1) is 22.9 Å². The number of imidazole rings is 1. The number of nitrogens with one attached hydrogen (secondary N) is 1. The maximum Gasteiger partial charge on any atom is 0.252 e. The number of pyridine rings is 1. The Morgan fingerprint density at radius 1 is 1.08 bits per heavy atom. The molecule has 0 bridgehead atoms. The third-order valence-electron chi connectivity index (χ3n) is 6.75. The first-order chi connectivity index (χ1) is 18.2. The van der Waals surface area contributed by atoms with Crippen LogP contribution in [0.25, 0.3) is 22.1 Å². The maximum atomic E-state index is 12.8. The summed E-state index contributed by atoms with van der Waals surface area (Å²) in [7, 11) is 5.62. The van der Waals surface area contributed by atoms with E-state index in [1.54, 1.807) is 17.3 Å². The Balaban J connectivity index is 1.27. The molecule has 0 saturated carbocycles. The third-order valence-corrected chi connectivity index (χ3v) is 7.21. The standard InChI is InChI=1S/C28H24N7O2Si/c1-16-11-18(5-9-23(16)37-19-6-8-22-21(12-19)31-15-34(22)4)32-26-25-20(29-14-30-26)7-10-24(33-25)35-13-28(3,38)17(2)27(35)36/h5-12,14-15H,2,13H2,1,3-4H3,(H,29,30,32)/q-1/t28-/m0/s1. The third kappa shape index (κ3) is 4.08. The van der Waals surface area contributed by atoms with Crippen molar-refractivity contribution >= 4 is 55.5 Å². The molecule has 3 aromatic heterocycles. The minimum absolute atomic E-state index is 0.158. The summed E-state index contributed by atoms with van der Waals surface area (Å²) in [6.07, 6.45) is 3.27. The predicted octanol–water partition coefficient (Wildman–Crippen LogP) is 5.01. The van der Waals surface area contributed by atoms with Crippen molar-refractivity contribution in [2.45, 2.75) is 18.9 Å². The number of carbonyl (C=O) groups excluding carboxylic acids is 1. The van der Waals surface area contributed by atoms with Crippen molar-refractivity contribution in [3.05, 3.63) is 78.9 Å². The quantitative estimate of drug-likeness (QED) is 0.258. The number of aromatic nitrogens is 5. The number of benzene rings is 2. The second kappa shape index (κ2) is 8.77. The molecule has 0 aliphatic carbocycles. The lowest BCUT2D eigenvalue weighted by Crippen LogP contribution is -2.26. The first-order valence-corrected chi connectivity index (χ1v) is 12.5. The largest absolute Gasteiger partial charge is 0.655 e. The lowest BCUT2D eigenvalue weighted by atomic mass is 10.1. The van der Waals surface area contributed by atoms with Gasteiger partial charge in [-0.1, -0.05) is 13.5 Å². The highest BCUT2D eigenvalue weighted by molar-refractivity contribution is 6.27. The van der Waals surface area contributed by atoms with E-state index < -0.39 is 5.04 Å². The first kappa shape index (κ1) is 23.8. The molecule has 1 atom stereocenters. The van der Waals surface area contributed by atoms with Crippen molar-refractivity contribution < 1.29 is 9.53 Å². The zero-order chi connectivity index (χ0) is 26.6. The summed E-state index contributed by atoms with van der Waals surface area (Å²) in [5.41, 5.74) is 5.41. The van der Waals surface area contributed by atoms with Gasteiger partial charge < -0.3 is 24.9 Å². The molecular weight excluding hydrogens is 494 g/mol. The molecule has 0 spiro atoms. The number of hydrogen-bond acceptors (Lipinski definition) is 7. The second-order valence-corrected chi connectivity index (χ2v) is 10.8. The van der Waals surface area contributed by atoms with Crippen LogP contribution in [0, 0.1) is 6.92 Å². The molecule has 10 heteroatoms. The minimum atomic E-state index is -0.507. The highest BCUT2D eigenvalue weighted by Gasteiger charge is 2.34. The summed E-state index contributed by atoms with van der Waals surface area (Å²) in [5, 5.41) is 2.84. The fraction of sp³-hybridized carbons (Fsp3) is 0.179. The Morgan fingerprint density at radius 3 is 2.68 bits per heavy atom. The van der Waals surface area contributed by atoms with Crippen LogP contribution >= 0.6 is 0 Å². The highest BCUT2D eigenvalue weighted by Crippen LogP contribution is 2.40. The molecule has 1 fully saturated rings. The molecule has 4 heterocycles. The summed E-state index contributed by atoms with van der Waals surface area (Å²) in [4.78, 5) is 32.3. The number of anilines is 3. The number of nitrogens with zero attached hydrogens (tertiary/aromatic N) is 6. The number of hydrogen-bond donors (Lipinski definition) is 1. The molecule has 0 unspecified atom stereocenters. The van der Waals surface area contributed by atoms with Crippen molar-refractivity contribution in [2.75, 3.05) is 16.8 Å². The Labute approximate surface area is 222 Å². The SMILES string of the molecule is C=C1C(=O)N(c2ccc3ncnc(Nc4ccc(Oc5ccc6c(c5)ncn6C)c(C)c4)c3n2)C[C@]1(C)[Si-]. The fourth-order valence-electron chi connectivity index (χ4n) is 4.52. The van der Waals surface area contributed by atoms with E-state index >= 15 is 0 Å². The molecule has 2 radical (unpaired) electrons. The lowest BCUT2D eigenvalue weighted by Gasteiger charge is -2.32. The fourth-order valence-corrected chi connectivity index (χ4v) is 4.79. The van der Waals surface area contributed by atoms with Crippen molar-refractivity contribution in [1.29, 1.82) is 0 Å². The number of fused-ring (bicyclic) bond motifs is 2. The normalized spacial score (nSPS) is 17.5. The monoisotopic (exact) mass is 518 g/mol. The molecule has 1 aliphatic rings. The molecule has 1 N–H and O–H groups in total. The van der Waals surface area contributed by atoms with Crippen LogP contribution in [0.3, 0.4) is 0 Å². The van der Waals surface area contributed by atoms with Crippen LogP contribution in [0.5, 0.6) is 11.5 Å². The molecule has 5 aromatic rings. The lowest BCUT2D eigenvalue weighted by molar-refractivity contribution is -0.114. The van der Waals surface area contributed by atoms with Gasteiger partial charge in [-0.3, -0.25) is 9.69 Å². The molecule has 188 valence electrons. The smallest absolute Gasteiger partial charge is 0.252 e. The molecule has 1 saturated heterocycles. The van der Waals surface area contributed by atoms with Crippen LogP contribution in [-0.2, 0) is 11.8 Å². The van der Waals surface area contributed by atoms with E-state index in [0.29, 0.717) is 34.8 Å². The van der Waals surface area contributed by atoms with E-state index in [4.69, 9.17) is 9.72 Å². The van der Waals surface area contributed by atoms with E-state index in [1.807, 2.05) is 67.9 Å². The van der Waals surface area contributed by atoms with Crippen molar-refractivity contribution in [2.24, 2.45) is 7.05 Å². The van der Waals surface area contributed by atoms with Gasteiger partial charge in [0.25, 0.3) is 5.91 Å². The Kier molecular flexibility index (Phi) is 5.49. The number of carbonyl (C=O) groups is 1. The highest BCUT2D eigenvalue weighted by atomic mass is 28.1. The van der Waals surface area contributed by atoms with Gasteiger partial charge >= 0.3 is 0 Å². The molecule has 38 heavy (non-hydrogen) atoms. The Morgan fingerprint density at radius 2 is 1.92 bits per heavy atom. The maximum absolute atomic E-state index is 12.8. The average Bonchev–Trinajstić information content (AvgIpc) is 3.37. The summed E-state index contributed by atoms with van der Waals surface area (Å²) in [5.74, 6) is 2.36. The van der Waals surface area contributed by atoms with Gasteiger partial charge in [-0.15, -0.1) is 0 Å². The van der Waals surface area contributed by atoms with Crippen LogP contribution in [0.15, 0.2) is 73.3 Å². The van der Waals surface area contributed by atoms with Gasteiger partial charge in [0, 0.05) is 25.3 Å². The van der Waals surface area contributed by atoms with Crippen LogP contribution in [0.4, 0.5) is 17.3 Å².